The molecule has 0 spiro atoms. The summed E-state index contributed by atoms with van der Waals surface area (Å²) in [7, 11) is 1.32. The Morgan fingerprint density at radius 2 is 1.78 bits per heavy atom. The Labute approximate surface area is 154 Å². The minimum absolute atomic E-state index is 0.503. The third-order valence-corrected chi connectivity index (χ3v) is 3.91. The van der Waals surface area contributed by atoms with Crippen LogP contribution in [0.2, 0.25) is 0 Å². The standard InChI is InChI=1S/C19H16N6O2/c1-27-19(26)23-15-9-7-14(8-10-15)22-17-11-16(13-5-3-2-4-6-13)24-18-20-12-21-25(17)18/h2-12,22H,1H3,(H,23,26). The molecule has 4 rings (SSSR count). The van der Waals surface area contributed by atoms with Gasteiger partial charge in [0.1, 0.15) is 12.1 Å². The molecular formula is C19H16N6O2. The Bertz CT molecular complexity index is 1080. The summed E-state index contributed by atoms with van der Waals surface area (Å²) >= 11 is 0. The van der Waals surface area contributed by atoms with Crippen molar-refractivity contribution in [2.45, 2.75) is 0 Å². The Hall–Kier alpha value is -3.94. The SMILES string of the molecule is COC(=O)Nc1ccc(Nc2cc(-c3ccccc3)nc3ncnn23)cc1. The van der Waals surface area contributed by atoms with Gasteiger partial charge < -0.3 is 10.1 Å². The molecule has 0 aliphatic heterocycles. The van der Waals surface area contributed by atoms with Gasteiger partial charge in [-0.3, -0.25) is 5.32 Å². The quantitative estimate of drug-likeness (QED) is 0.576. The lowest BCUT2D eigenvalue weighted by Gasteiger charge is -2.11. The van der Waals surface area contributed by atoms with E-state index in [-0.39, 0.29) is 0 Å². The van der Waals surface area contributed by atoms with Gasteiger partial charge in [-0.25, -0.2) is 9.78 Å². The van der Waals surface area contributed by atoms with Gasteiger partial charge in [0, 0.05) is 23.0 Å². The molecule has 1 amide bonds. The van der Waals surface area contributed by atoms with Crippen molar-refractivity contribution in [3.8, 4) is 11.3 Å². The van der Waals surface area contributed by atoms with Crippen molar-refractivity contribution in [1.29, 1.82) is 0 Å². The first kappa shape index (κ1) is 16.5. The fourth-order valence-electron chi connectivity index (χ4n) is 2.61. The maximum Gasteiger partial charge on any atom is 0.411 e. The number of ether oxygens (including phenoxy) is 1. The van der Waals surface area contributed by atoms with Crippen LogP contribution in [0, 0.1) is 0 Å². The van der Waals surface area contributed by atoms with Gasteiger partial charge in [-0.2, -0.15) is 14.6 Å². The molecule has 0 bridgehead atoms. The molecule has 4 aromatic rings. The van der Waals surface area contributed by atoms with Crippen molar-refractivity contribution in [1.82, 2.24) is 19.6 Å². The first-order valence-corrected chi connectivity index (χ1v) is 8.21. The average Bonchev–Trinajstić information content (AvgIpc) is 3.19. The molecule has 0 atom stereocenters. The largest absolute Gasteiger partial charge is 0.453 e. The van der Waals surface area contributed by atoms with Crippen LogP contribution < -0.4 is 10.6 Å². The van der Waals surface area contributed by atoms with E-state index < -0.39 is 6.09 Å². The minimum Gasteiger partial charge on any atom is -0.453 e. The van der Waals surface area contributed by atoms with E-state index in [9.17, 15) is 4.79 Å². The summed E-state index contributed by atoms with van der Waals surface area (Å²) in [6, 6.07) is 19.0. The highest BCUT2D eigenvalue weighted by molar-refractivity contribution is 5.84. The van der Waals surface area contributed by atoms with Gasteiger partial charge >= 0.3 is 6.09 Å². The Morgan fingerprint density at radius 1 is 1.04 bits per heavy atom. The molecule has 8 heteroatoms. The lowest BCUT2D eigenvalue weighted by molar-refractivity contribution is 0.187. The Kier molecular flexibility index (Phi) is 4.36. The Balaban J connectivity index is 1.65. The zero-order valence-electron chi connectivity index (χ0n) is 14.5. The van der Waals surface area contributed by atoms with Crippen molar-refractivity contribution in [2.24, 2.45) is 0 Å². The van der Waals surface area contributed by atoms with Crippen LogP contribution in [0.1, 0.15) is 0 Å². The summed E-state index contributed by atoms with van der Waals surface area (Å²) in [5.74, 6) is 1.23. The summed E-state index contributed by atoms with van der Waals surface area (Å²) in [5.41, 5.74) is 3.25. The number of nitrogens with zero attached hydrogens (tertiary/aromatic N) is 4. The highest BCUT2D eigenvalue weighted by atomic mass is 16.5. The number of rotatable bonds is 4. The van der Waals surface area contributed by atoms with E-state index in [0.29, 0.717) is 11.5 Å². The second kappa shape index (κ2) is 7.12. The maximum atomic E-state index is 11.3. The van der Waals surface area contributed by atoms with E-state index in [1.807, 2.05) is 48.5 Å². The van der Waals surface area contributed by atoms with Crippen LogP contribution in [0.3, 0.4) is 0 Å². The number of carbonyl (C=O) groups is 1. The molecule has 0 aliphatic carbocycles. The second-order valence-corrected chi connectivity index (χ2v) is 5.68. The number of methoxy groups -OCH3 is 1. The summed E-state index contributed by atoms with van der Waals surface area (Å²) in [5, 5.41) is 10.2. The van der Waals surface area contributed by atoms with Gasteiger partial charge in [0.05, 0.1) is 12.8 Å². The van der Waals surface area contributed by atoms with Crippen molar-refractivity contribution < 1.29 is 9.53 Å². The maximum absolute atomic E-state index is 11.3. The number of benzene rings is 2. The lowest BCUT2D eigenvalue weighted by atomic mass is 10.1. The molecule has 0 saturated heterocycles. The van der Waals surface area contributed by atoms with Crippen molar-refractivity contribution in [2.75, 3.05) is 17.7 Å². The summed E-state index contributed by atoms with van der Waals surface area (Å²) < 4.78 is 6.22. The zero-order valence-corrected chi connectivity index (χ0v) is 14.5. The molecule has 0 unspecified atom stereocenters. The van der Waals surface area contributed by atoms with Crippen molar-refractivity contribution >= 4 is 29.1 Å². The first-order chi connectivity index (χ1) is 13.2. The zero-order chi connectivity index (χ0) is 18.6. The third-order valence-electron chi connectivity index (χ3n) is 3.91. The normalized spacial score (nSPS) is 10.6. The van der Waals surface area contributed by atoms with Gasteiger partial charge in [-0.05, 0) is 24.3 Å². The summed E-state index contributed by atoms with van der Waals surface area (Å²) in [4.78, 5) is 20.0. The molecule has 2 N–H and O–H groups in total. The van der Waals surface area contributed by atoms with E-state index in [4.69, 9.17) is 0 Å². The Morgan fingerprint density at radius 3 is 2.52 bits per heavy atom. The number of nitrogens with one attached hydrogen (secondary N) is 2. The van der Waals surface area contributed by atoms with Gasteiger partial charge in [0.2, 0.25) is 0 Å². The molecule has 27 heavy (non-hydrogen) atoms. The molecular weight excluding hydrogens is 344 g/mol. The van der Waals surface area contributed by atoms with E-state index >= 15 is 0 Å². The van der Waals surface area contributed by atoms with Crippen molar-refractivity contribution in [3.05, 3.63) is 67.0 Å². The van der Waals surface area contributed by atoms with Gasteiger partial charge in [-0.1, -0.05) is 30.3 Å². The van der Waals surface area contributed by atoms with Gasteiger partial charge in [-0.15, -0.1) is 0 Å². The van der Waals surface area contributed by atoms with E-state index in [0.717, 1.165) is 22.8 Å². The smallest absolute Gasteiger partial charge is 0.411 e. The summed E-state index contributed by atoms with van der Waals surface area (Å²) in [6.07, 6.45) is 0.952. The number of carbonyl (C=O) groups excluding carboxylic acids is 1. The molecule has 2 heterocycles. The van der Waals surface area contributed by atoms with Crippen LogP contribution >= 0.6 is 0 Å². The molecule has 0 fully saturated rings. The predicted molar refractivity (Wildman–Crippen MR) is 102 cm³/mol. The van der Waals surface area contributed by atoms with E-state index in [1.54, 1.807) is 16.6 Å². The van der Waals surface area contributed by atoms with E-state index in [2.05, 4.69) is 30.4 Å². The van der Waals surface area contributed by atoms with E-state index in [1.165, 1.54) is 13.4 Å². The number of anilines is 3. The fourth-order valence-corrected chi connectivity index (χ4v) is 2.61. The number of aromatic nitrogens is 4. The third kappa shape index (κ3) is 3.54. The van der Waals surface area contributed by atoms with Crippen LogP contribution in [0.25, 0.3) is 17.0 Å². The number of fused-ring (bicyclic) bond motifs is 1. The van der Waals surface area contributed by atoms with Gasteiger partial charge in [0.25, 0.3) is 5.78 Å². The number of hydrogen-bond acceptors (Lipinski definition) is 6. The monoisotopic (exact) mass is 360 g/mol. The van der Waals surface area contributed by atoms with Crippen molar-refractivity contribution in [3.63, 3.8) is 0 Å². The molecule has 0 saturated carbocycles. The molecule has 0 radical (unpaired) electrons. The molecule has 0 aliphatic rings. The molecule has 8 nitrogen and oxygen atoms in total. The van der Waals surface area contributed by atoms with Crippen LogP contribution in [-0.2, 0) is 4.74 Å². The molecule has 134 valence electrons. The number of hydrogen-bond donors (Lipinski definition) is 2. The predicted octanol–water partition coefficient (Wildman–Crippen LogP) is 3.71. The topological polar surface area (TPSA) is 93.4 Å². The van der Waals surface area contributed by atoms with Crippen LogP contribution in [0.4, 0.5) is 22.0 Å². The molecule has 2 aromatic heterocycles. The van der Waals surface area contributed by atoms with Crippen LogP contribution in [-0.4, -0.2) is 32.8 Å². The fraction of sp³-hybridized carbons (Fsp3) is 0.0526. The lowest BCUT2D eigenvalue weighted by Crippen LogP contribution is -2.10. The summed E-state index contributed by atoms with van der Waals surface area (Å²) in [6.45, 7) is 0. The van der Waals surface area contributed by atoms with Crippen LogP contribution in [0.5, 0.6) is 0 Å². The number of amides is 1. The molecule has 2 aromatic carbocycles. The average molecular weight is 360 g/mol. The minimum atomic E-state index is -0.512. The van der Waals surface area contributed by atoms with Crippen LogP contribution in [0.15, 0.2) is 67.0 Å². The second-order valence-electron chi connectivity index (χ2n) is 5.68. The highest BCUT2D eigenvalue weighted by Gasteiger charge is 2.10. The first-order valence-electron chi connectivity index (χ1n) is 8.21. The van der Waals surface area contributed by atoms with Gasteiger partial charge in [0.15, 0.2) is 0 Å². The highest BCUT2D eigenvalue weighted by Crippen LogP contribution is 2.24.